The zero-order valence-corrected chi connectivity index (χ0v) is 18.3. The van der Waals surface area contributed by atoms with E-state index in [0.717, 1.165) is 5.56 Å². The number of hydrogen-bond donors (Lipinski definition) is 1. The van der Waals surface area contributed by atoms with Crippen LogP contribution in [0.25, 0.3) is 0 Å². The van der Waals surface area contributed by atoms with E-state index in [4.69, 9.17) is 39.5 Å². The maximum Gasteiger partial charge on any atom is 0.276 e. The molecule has 4 aromatic rings. The molecule has 7 nitrogen and oxygen atoms in total. The summed E-state index contributed by atoms with van der Waals surface area (Å²) in [6.45, 7) is 0.610. The smallest absolute Gasteiger partial charge is 0.276 e. The monoisotopic (exact) mass is 475 g/mol. The molecular formula is C21H16Cl3N5O2. The van der Waals surface area contributed by atoms with E-state index in [0.29, 0.717) is 33.0 Å². The second kappa shape index (κ2) is 9.43. The molecule has 0 atom stereocenters. The number of rotatable bonds is 7. The summed E-state index contributed by atoms with van der Waals surface area (Å²) in [5.74, 6) is 0.186. The third-order valence-corrected chi connectivity index (χ3v) is 5.33. The number of ether oxygens (including phenoxy) is 1. The maximum absolute atomic E-state index is 12.5. The first kappa shape index (κ1) is 21.2. The minimum Gasteiger partial charge on any atom is -0.470 e. The van der Waals surface area contributed by atoms with Crippen LogP contribution in [0, 0.1) is 0 Å². The van der Waals surface area contributed by atoms with Crippen LogP contribution in [0.4, 0.5) is 5.69 Å². The fourth-order valence-corrected chi connectivity index (χ4v) is 3.30. The van der Waals surface area contributed by atoms with Crippen LogP contribution in [0.1, 0.15) is 16.1 Å². The third kappa shape index (κ3) is 5.38. The number of hydrogen-bond acceptors (Lipinski definition) is 4. The van der Waals surface area contributed by atoms with E-state index in [1.165, 1.54) is 4.68 Å². The van der Waals surface area contributed by atoms with Crippen LogP contribution in [0.3, 0.4) is 0 Å². The Hall–Kier alpha value is -3.00. The summed E-state index contributed by atoms with van der Waals surface area (Å²) < 4.78 is 8.81. The molecule has 1 amide bonds. The Labute approximate surface area is 193 Å². The zero-order chi connectivity index (χ0) is 21.8. The first-order valence-electron chi connectivity index (χ1n) is 9.16. The molecule has 4 rings (SSSR count). The average Bonchev–Trinajstić information content (AvgIpc) is 3.40. The van der Waals surface area contributed by atoms with E-state index < -0.39 is 0 Å². The Balaban J connectivity index is 1.34. The highest BCUT2D eigenvalue weighted by Crippen LogP contribution is 2.24. The lowest BCUT2D eigenvalue weighted by atomic mass is 10.2. The van der Waals surface area contributed by atoms with Crippen LogP contribution in [-0.2, 0) is 13.3 Å². The standard InChI is InChI=1S/C21H16Cl3N5O2/c22-16-6-5-14(9-18(16)24)11-29-12-15(10-25-29)26-21(30)19-7-8-28(27-19)13-31-20-4-2-1-3-17(20)23/h1-10,12H,11,13H2,(H,26,30). The molecule has 158 valence electrons. The number of amides is 1. The lowest BCUT2D eigenvalue weighted by molar-refractivity contribution is 0.102. The van der Waals surface area contributed by atoms with Gasteiger partial charge in [-0.25, -0.2) is 4.68 Å². The third-order valence-electron chi connectivity index (χ3n) is 4.28. The van der Waals surface area contributed by atoms with E-state index in [2.05, 4.69) is 15.5 Å². The molecule has 0 aliphatic rings. The van der Waals surface area contributed by atoms with E-state index in [-0.39, 0.29) is 18.3 Å². The first-order chi connectivity index (χ1) is 15.0. The van der Waals surface area contributed by atoms with Gasteiger partial charge in [0.2, 0.25) is 0 Å². The van der Waals surface area contributed by atoms with Crippen molar-refractivity contribution in [2.24, 2.45) is 0 Å². The predicted molar refractivity (Wildman–Crippen MR) is 120 cm³/mol. The molecule has 0 radical (unpaired) electrons. The van der Waals surface area contributed by atoms with Gasteiger partial charge in [0.05, 0.1) is 33.5 Å². The topological polar surface area (TPSA) is 74.0 Å². The molecule has 10 heteroatoms. The Bertz CT molecular complexity index is 1220. The number of carbonyl (C=O) groups is 1. The van der Waals surface area contributed by atoms with Gasteiger partial charge in [0.1, 0.15) is 5.75 Å². The number of para-hydroxylation sites is 1. The number of nitrogens with zero attached hydrogens (tertiary/aromatic N) is 4. The normalized spacial score (nSPS) is 10.8. The number of benzene rings is 2. The van der Waals surface area contributed by atoms with E-state index >= 15 is 0 Å². The fourth-order valence-electron chi connectivity index (χ4n) is 2.79. The number of carbonyl (C=O) groups excluding carboxylic acids is 1. The lowest BCUT2D eigenvalue weighted by Crippen LogP contribution is -2.14. The van der Waals surface area contributed by atoms with Gasteiger partial charge in [0, 0.05) is 12.4 Å². The number of nitrogens with one attached hydrogen (secondary N) is 1. The molecule has 2 heterocycles. The van der Waals surface area contributed by atoms with E-state index in [1.54, 1.807) is 53.6 Å². The van der Waals surface area contributed by atoms with Crippen molar-refractivity contribution in [3.8, 4) is 5.75 Å². The Morgan fingerprint density at radius 1 is 1.00 bits per heavy atom. The van der Waals surface area contributed by atoms with Crippen LogP contribution in [0.15, 0.2) is 67.1 Å². The van der Waals surface area contributed by atoms with E-state index in [1.807, 2.05) is 18.2 Å². The molecule has 0 fully saturated rings. The van der Waals surface area contributed by atoms with Crippen LogP contribution in [0.2, 0.25) is 15.1 Å². The fraction of sp³-hybridized carbons (Fsp3) is 0.0952. The molecular weight excluding hydrogens is 461 g/mol. The molecule has 0 aliphatic carbocycles. The summed E-state index contributed by atoms with van der Waals surface area (Å²) in [6.07, 6.45) is 4.93. The first-order valence-corrected chi connectivity index (χ1v) is 10.3. The number of anilines is 1. The quantitative estimate of drug-likeness (QED) is 0.389. The summed E-state index contributed by atoms with van der Waals surface area (Å²) in [5.41, 5.74) is 1.74. The van der Waals surface area contributed by atoms with Gasteiger partial charge < -0.3 is 10.1 Å². The molecule has 0 saturated heterocycles. The molecule has 0 spiro atoms. The van der Waals surface area contributed by atoms with Crippen molar-refractivity contribution >= 4 is 46.4 Å². The second-order valence-electron chi connectivity index (χ2n) is 6.57. The largest absolute Gasteiger partial charge is 0.470 e. The summed E-state index contributed by atoms with van der Waals surface area (Å²) in [5, 5.41) is 12.7. The van der Waals surface area contributed by atoms with Gasteiger partial charge in [0.25, 0.3) is 5.91 Å². The average molecular weight is 477 g/mol. The minimum absolute atomic E-state index is 0.124. The van der Waals surface area contributed by atoms with Gasteiger partial charge in [-0.15, -0.1) is 0 Å². The predicted octanol–water partition coefficient (Wildman–Crippen LogP) is 5.38. The van der Waals surface area contributed by atoms with Crippen molar-refractivity contribution in [3.05, 3.63) is 93.4 Å². The van der Waals surface area contributed by atoms with Crippen LogP contribution in [-0.4, -0.2) is 25.5 Å². The molecule has 0 aliphatic heterocycles. The summed E-state index contributed by atoms with van der Waals surface area (Å²) in [7, 11) is 0. The summed E-state index contributed by atoms with van der Waals surface area (Å²) in [6, 6.07) is 14.1. The lowest BCUT2D eigenvalue weighted by Gasteiger charge is -2.07. The Morgan fingerprint density at radius 2 is 1.84 bits per heavy atom. The molecule has 0 unspecified atom stereocenters. The van der Waals surface area contributed by atoms with Gasteiger partial charge in [-0.3, -0.25) is 9.48 Å². The summed E-state index contributed by atoms with van der Waals surface area (Å²) in [4.78, 5) is 12.5. The van der Waals surface area contributed by atoms with Gasteiger partial charge in [-0.2, -0.15) is 10.2 Å². The van der Waals surface area contributed by atoms with Crippen LogP contribution in [0.5, 0.6) is 5.75 Å². The van der Waals surface area contributed by atoms with Crippen LogP contribution >= 0.6 is 34.8 Å². The van der Waals surface area contributed by atoms with Crippen molar-refractivity contribution in [1.82, 2.24) is 19.6 Å². The molecule has 0 bridgehead atoms. The second-order valence-corrected chi connectivity index (χ2v) is 7.80. The summed E-state index contributed by atoms with van der Waals surface area (Å²) >= 11 is 18.1. The Morgan fingerprint density at radius 3 is 2.65 bits per heavy atom. The van der Waals surface area contributed by atoms with Gasteiger partial charge >= 0.3 is 0 Å². The van der Waals surface area contributed by atoms with Gasteiger partial charge in [0.15, 0.2) is 12.4 Å². The molecule has 2 aromatic carbocycles. The van der Waals surface area contributed by atoms with Crippen molar-refractivity contribution in [3.63, 3.8) is 0 Å². The van der Waals surface area contributed by atoms with Crippen molar-refractivity contribution < 1.29 is 9.53 Å². The molecule has 2 aromatic heterocycles. The molecule has 1 N–H and O–H groups in total. The SMILES string of the molecule is O=C(Nc1cnn(Cc2ccc(Cl)c(Cl)c2)c1)c1ccn(COc2ccccc2Cl)n1. The van der Waals surface area contributed by atoms with E-state index in [9.17, 15) is 4.79 Å². The Kier molecular flexibility index (Phi) is 6.46. The van der Waals surface area contributed by atoms with Crippen LogP contribution < -0.4 is 10.1 Å². The van der Waals surface area contributed by atoms with Crippen molar-refractivity contribution in [2.75, 3.05) is 5.32 Å². The van der Waals surface area contributed by atoms with Gasteiger partial charge in [-0.1, -0.05) is 53.0 Å². The minimum atomic E-state index is -0.356. The van der Waals surface area contributed by atoms with Crippen molar-refractivity contribution in [2.45, 2.75) is 13.3 Å². The molecule has 0 saturated carbocycles. The van der Waals surface area contributed by atoms with Crippen molar-refractivity contribution in [1.29, 1.82) is 0 Å². The number of halogens is 3. The maximum atomic E-state index is 12.5. The van der Waals surface area contributed by atoms with Gasteiger partial charge in [-0.05, 0) is 35.9 Å². The highest BCUT2D eigenvalue weighted by molar-refractivity contribution is 6.42. The highest BCUT2D eigenvalue weighted by Gasteiger charge is 2.12. The molecule has 31 heavy (non-hydrogen) atoms. The highest BCUT2D eigenvalue weighted by atomic mass is 35.5. The zero-order valence-electron chi connectivity index (χ0n) is 16.0. The number of aromatic nitrogens is 4.